The Morgan fingerprint density at radius 3 is 2.40 bits per heavy atom. The number of rotatable bonds is 0. The van der Waals surface area contributed by atoms with Gasteiger partial charge in [-0.05, 0) is 34.1 Å². The van der Waals surface area contributed by atoms with E-state index in [-0.39, 0.29) is 30.3 Å². The number of hydrogen-bond acceptors (Lipinski definition) is 5. The number of hydrogen-bond donors (Lipinski definition) is 0. The zero-order chi connectivity index (χ0) is 14.3. The van der Waals surface area contributed by atoms with Gasteiger partial charge in [0.05, 0.1) is 18.7 Å². The summed E-state index contributed by atoms with van der Waals surface area (Å²) in [4.78, 5) is 14.3. The lowest BCUT2D eigenvalue weighted by Gasteiger charge is -2.37. The summed E-state index contributed by atoms with van der Waals surface area (Å²) in [5.74, 6) is -1.22. The first kappa shape index (κ1) is 13.0. The summed E-state index contributed by atoms with van der Waals surface area (Å²) in [6.07, 6.45) is 0.0789. The molecule has 4 rings (SSSR count). The van der Waals surface area contributed by atoms with Crippen molar-refractivity contribution in [2.24, 2.45) is 0 Å². The van der Waals surface area contributed by atoms with Crippen molar-refractivity contribution in [2.75, 3.05) is 6.54 Å². The van der Waals surface area contributed by atoms with E-state index in [1.807, 2.05) is 32.6 Å². The lowest BCUT2D eigenvalue weighted by Crippen LogP contribution is -2.53. The molecule has 0 radical (unpaired) electrons. The van der Waals surface area contributed by atoms with Crippen LogP contribution in [0.4, 0.5) is 0 Å². The van der Waals surface area contributed by atoms with Gasteiger partial charge in [0.2, 0.25) is 0 Å². The number of fused-ring (bicyclic) bond motifs is 4. The first-order valence-corrected chi connectivity index (χ1v) is 7.27. The van der Waals surface area contributed by atoms with Gasteiger partial charge in [0.25, 0.3) is 5.91 Å². The second-order valence-corrected chi connectivity index (χ2v) is 7.03. The molecule has 4 aliphatic heterocycles. The third-order valence-electron chi connectivity index (χ3n) is 4.57. The van der Waals surface area contributed by atoms with Crippen molar-refractivity contribution in [3.63, 3.8) is 0 Å². The number of carbonyl (C=O) groups is 1. The first-order valence-electron chi connectivity index (χ1n) is 7.27. The van der Waals surface area contributed by atoms with Crippen molar-refractivity contribution in [3.05, 3.63) is 0 Å². The van der Waals surface area contributed by atoms with Crippen molar-refractivity contribution >= 4 is 5.91 Å². The Kier molecular flexibility index (Phi) is 2.43. The number of carbonyl (C=O) groups excluding carboxylic acids is 1. The van der Waals surface area contributed by atoms with E-state index in [1.165, 1.54) is 0 Å². The normalized spacial score (nSPS) is 48.1. The van der Waals surface area contributed by atoms with Crippen LogP contribution in [0.5, 0.6) is 0 Å². The molecule has 5 atom stereocenters. The SMILES string of the molecule is CC1(C)O[C@H]2C[C@@H]3[C@H]4OC(C)(C)O[C@H]4C(=O)N3C[C@H]2O1. The van der Waals surface area contributed by atoms with Gasteiger partial charge in [-0.3, -0.25) is 4.79 Å². The highest BCUT2D eigenvalue weighted by atomic mass is 16.8. The lowest BCUT2D eigenvalue weighted by molar-refractivity contribution is -0.177. The molecule has 0 N–H and O–H groups in total. The Labute approximate surface area is 118 Å². The molecule has 20 heavy (non-hydrogen) atoms. The van der Waals surface area contributed by atoms with Gasteiger partial charge in [-0.1, -0.05) is 0 Å². The summed E-state index contributed by atoms with van der Waals surface area (Å²) < 4.78 is 23.5. The lowest BCUT2D eigenvalue weighted by atomic mass is 9.96. The molecule has 4 heterocycles. The van der Waals surface area contributed by atoms with E-state index in [4.69, 9.17) is 18.9 Å². The smallest absolute Gasteiger partial charge is 0.255 e. The van der Waals surface area contributed by atoms with Gasteiger partial charge in [-0.15, -0.1) is 0 Å². The molecule has 0 aromatic rings. The molecule has 6 heteroatoms. The van der Waals surface area contributed by atoms with Crippen molar-refractivity contribution in [3.8, 4) is 0 Å². The Morgan fingerprint density at radius 1 is 1.00 bits per heavy atom. The van der Waals surface area contributed by atoms with Gasteiger partial charge >= 0.3 is 0 Å². The van der Waals surface area contributed by atoms with Crippen LogP contribution < -0.4 is 0 Å². The molecule has 4 fully saturated rings. The second kappa shape index (κ2) is 3.74. The number of ether oxygens (including phenoxy) is 4. The van der Waals surface area contributed by atoms with Crippen LogP contribution >= 0.6 is 0 Å². The maximum absolute atomic E-state index is 12.5. The van der Waals surface area contributed by atoms with Gasteiger partial charge in [-0.2, -0.15) is 0 Å². The highest BCUT2D eigenvalue weighted by molar-refractivity contribution is 5.85. The summed E-state index contributed by atoms with van der Waals surface area (Å²) in [6, 6.07) is 0.0352. The Bertz CT molecular complexity index is 462. The molecule has 1 amide bonds. The van der Waals surface area contributed by atoms with E-state index in [2.05, 4.69) is 0 Å². The van der Waals surface area contributed by atoms with Crippen molar-refractivity contribution < 1.29 is 23.7 Å². The fourth-order valence-electron chi connectivity index (χ4n) is 3.95. The van der Waals surface area contributed by atoms with Gasteiger partial charge < -0.3 is 23.8 Å². The molecule has 6 nitrogen and oxygen atoms in total. The third kappa shape index (κ3) is 1.75. The van der Waals surface area contributed by atoms with Crippen LogP contribution in [0.25, 0.3) is 0 Å². The van der Waals surface area contributed by atoms with Crippen LogP contribution in [0.15, 0.2) is 0 Å². The minimum Gasteiger partial charge on any atom is -0.344 e. The zero-order valence-electron chi connectivity index (χ0n) is 12.3. The summed E-state index contributed by atoms with van der Waals surface area (Å²) >= 11 is 0. The molecule has 0 saturated carbocycles. The maximum atomic E-state index is 12.5. The van der Waals surface area contributed by atoms with Crippen LogP contribution in [-0.2, 0) is 23.7 Å². The van der Waals surface area contributed by atoms with Gasteiger partial charge in [-0.25, -0.2) is 0 Å². The summed E-state index contributed by atoms with van der Waals surface area (Å²) in [6.45, 7) is 8.11. The number of amides is 1. The number of piperidine rings is 1. The van der Waals surface area contributed by atoms with Crippen LogP contribution in [0.2, 0.25) is 0 Å². The second-order valence-electron chi connectivity index (χ2n) is 7.03. The zero-order valence-corrected chi connectivity index (χ0v) is 12.3. The highest BCUT2D eigenvalue weighted by Crippen LogP contribution is 2.44. The molecule has 4 aliphatic rings. The molecule has 112 valence electrons. The van der Waals surface area contributed by atoms with E-state index < -0.39 is 17.7 Å². The molecular formula is C14H21NO5. The van der Waals surface area contributed by atoms with Crippen molar-refractivity contribution in [2.45, 2.75) is 76.1 Å². The van der Waals surface area contributed by atoms with Crippen molar-refractivity contribution in [1.82, 2.24) is 4.90 Å². The van der Waals surface area contributed by atoms with Crippen LogP contribution in [-0.4, -0.2) is 59.4 Å². The van der Waals surface area contributed by atoms with Gasteiger partial charge in [0.1, 0.15) is 12.2 Å². The van der Waals surface area contributed by atoms with Crippen LogP contribution in [0.3, 0.4) is 0 Å². The Balaban J connectivity index is 1.58. The molecule has 0 unspecified atom stereocenters. The van der Waals surface area contributed by atoms with Gasteiger partial charge in [0.15, 0.2) is 17.7 Å². The van der Waals surface area contributed by atoms with Crippen LogP contribution in [0.1, 0.15) is 34.1 Å². The quantitative estimate of drug-likeness (QED) is 0.653. The van der Waals surface area contributed by atoms with E-state index in [9.17, 15) is 4.79 Å². The van der Waals surface area contributed by atoms with E-state index in [0.717, 1.165) is 6.42 Å². The predicted octanol–water partition coefficient (Wildman–Crippen LogP) is 0.641. The van der Waals surface area contributed by atoms with E-state index >= 15 is 0 Å². The maximum Gasteiger partial charge on any atom is 0.255 e. The van der Waals surface area contributed by atoms with Crippen LogP contribution in [0, 0.1) is 0 Å². The minimum absolute atomic E-state index is 0.0253. The molecule has 0 spiro atoms. The Morgan fingerprint density at radius 2 is 1.65 bits per heavy atom. The predicted molar refractivity (Wildman–Crippen MR) is 67.8 cm³/mol. The van der Waals surface area contributed by atoms with E-state index in [0.29, 0.717) is 6.54 Å². The molecule has 0 aromatic carbocycles. The summed E-state index contributed by atoms with van der Waals surface area (Å²) in [7, 11) is 0. The largest absolute Gasteiger partial charge is 0.344 e. The van der Waals surface area contributed by atoms with Crippen molar-refractivity contribution in [1.29, 1.82) is 0 Å². The Hall–Kier alpha value is -0.690. The fourth-order valence-corrected chi connectivity index (χ4v) is 3.95. The van der Waals surface area contributed by atoms with E-state index in [1.54, 1.807) is 0 Å². The monoisotopic (exact) mass is 283 g/mol. The molecule has 0 aliphatic carbocycles. The highest BCUT2D eigenvalue weighted by Gasteiger charge is 2.61. The summed E-state index contributed by atoms with van der Waals surface area (Å²) in [5.41, 5.74) is 0. The summed E-state index contributed by atoms with van der Waals surface area (Å²) in [5, 5.41) is 0. The fraction of sp³-hybridized carbons (Fsp3) is 0.929. The molecule has 0 aromatic heterocycles. The standard InChI is InChI=1S/C14H21NO5/c1-13(2)17-8-5-7-10-11(20-14(3,4)19-10)12(16)15(7)6-9(8)18-13/h7-11H,5-6H2,1-4H3/t7-,8+,9-,10-,11-/m1/s1. The first-order chi connectivity index (χ1) is 9.26. The molecule has 4 saturated heterocycles. The van der Waals surface area contributed by atoms with Gasteiger partial charge in [0, 0.05) is 0 Å². The average Bonchev–Trinajstić information content (AvgIpc) is 2.86. The minimum atomic E-state index is -0.680. The molecular weight excluding hydrogens is 262 g/mol. The number of nitrogens with zero attached hydrogens (tertiary/aromatic N) is 1. The topological polar surface area (TPSA) is 57.2 Å². The average molecular weight is 283 g/mol. The molecule has 0 bridgehead atoms. The third-order valence-corrected chi connectivity index (χ3v) is 4.57.